The molecular formula is C9H17N3S. The standard InChI is InChI=1S/C9H17N3S/c1-3-4-7(10)5-8-6-13-9(11-2)12-8/h6-7H,3-5,10H2,1-2H3,(H,11,12). The highest BCUT2D eigenvalue weighted by atomic mass is 32.1. The van der Waals surface area contributed by atoms with Gasteiger partial charge in [0.1, 0.15) is 0 Å². The molecule has 0 fully saturated rings. The highest BCUT2D eigenvalue weighted by molar-refractivity contribution is 7.13. The van der Waals surface area contributed by atoms with E-state index in [0.29, 0.717) is 0 Å². The number of aromatic nitrogens is 1. The third-order valence-electron chi connectivity index (χ3n) is 1.90. The second-order valence-electron chi connectivity index (χ2n) is 3.15. The third kappa shape index (κ3) is 3.32. The van der Waals surface area contributed by atoms with E-state index in [1.807, 2.05) is 7.05 Å². The van der Waals surface area contributed by atoms with E-state index in [-0.39, 0.29) is 6.04 Å². The molecule has 1 aromatic rings. The van der Waals surface area contributed by atoms with Gasteiger partial charge < -0.3 is 11.1 Å². The lowest BCUT2D eigenvalue weighted by atomic mass is 10.1. The van der Waals surface area contributed by atoms with E-state index < -0.39 is 0 Å². The van der Waals surface area contributed by atoms with Gasteiger partial charge in [-0.05, 0) is 6.42 Å². The molecule has 0 spiro atoms. The summed E-state index contributed by atoms with van der Waals surface area (Å²) in [5.74, 6) is 0. The molecule has 0 aliphatic carbocycles. The van der Waals surface area contributed by atoms with E-state index >= 15 is 0 Å². The van der Waals surface area contributed by atoms with Crippen LogP contribution in [-0.4, -0.2) is 18.1 Å². The van der Waals surface area contributed by atoms with E-state index in [2.05, 4.69) is 22.6 Å². The molecule has 0 aromatic carbocycles. The molecule has 1 unspecified atom stereocenters. The summed E-state index contributed by atoms with van der Waals surface area (Å²) in [6, 6.07) is 0.261. The molecule has 3 nitrogen and oxygen atoms in total. The average molecular weight is 199 g/mol. The van der Waals surface area contributed by atoms with Crippen LogP contribution in [0.25, 0.3) is 0 Å². The number of thiazole rings is 1. The van der Waals surface area contributed by atoms with Gasteiger partial charge >= 0.3 is 0 Å². The minimum absolute atomic E-state index is 0.261. The predicted octanol–water partition coefficient (Wildman–Crippen LogP) is 1.85. The zero-order chi connectivity index (χ0) is 9.68. The van der Waals surface area contributed by atoms with Gasteiger partial charge in [0.15, 0.2) is 5.13 Å². The van der Waals surface area contributed by atoms with Crippen LogP contribution in [-0.2, 0) is 6.42 Å². The van der Waals surface area contributed by atoms with Crippen LogP contribution < -0.4 is 11.1 Å². The summed E-state index contributed by atoms with van der Waals surface area (Å²) in [6.07, 6.45) is 3.11. The van der Waals surface area contributed by atoms with Gasteiger partial charge in [0.2, 0.25) is 0 Å². The van der Waals surface area contributed by atoms with Gasteiger partial charge in [-0.15, -0.1) is 11.3 Å². The fraction of sp³-hybridized carbons (Fsp3) is 0.667. The summed E-state index contributed by atoms with van der Waals surface area (Å²) in [4.78, 5) is 4.38. The van der Waals surface area contributed by atoms with Crippen LogP contribution in [0.5, 0.6) is 0 Å². The molecule has 0 amide bonds. The van der Waals surface area contributed by atoms with E-state index in [0.717, 1.165) is 30.1 Å². The third-order valence-corrected chi connectivity index (χ3v) is 2.81. The molecule has 1 heterocycles. The molecule has 0 aliphatic heterocycles. The molecule has 3 N–H and O–H groups in total. The molecule has 0 aliphatic rings. The number of rotatable bonds is 5. The summed E-state index contributed by atoms with van der Waals surface area (Å²) in [5.41, 5.74) is 7.02. The lowest BCUT2D eigenvalue weighted by Gasteiger charge is -2.06. The van der Waals surface area contributed by atoms with E-state index in [9.17, 15) is 0 Å². The van der Waals surface area contributed by atoms with Crippen molar-refractivity contribution in [1.29, 1.82) is 0 Å². The molecule has 4 heteroatoms. The molecule has 13 heavy (non-hydrogen) atoms. The minimum atomic E-state index is 0.261. The van der Waals surface area contributed by atoms with Crippen molar-refractivity contribution in [1.82, 2.24) is 4.98 Å². The van der Waals surface area contributed by atoms with Gasteiger partial charge in [0.05, 0.1) is 5.69 Å². The maximum absolute atomic E-state index is 5.91. The van der Waals surface area contributed by atoms with Crippen LogP contribution in [0.1, 0.15) is 25.5 Å². The maximum Gasteiger partial charge on any atom is 0.182 e. The van der Waals surface area contributed by atoms with Crippen molar-refractivity contribution >= 4 is 16.5 Å². The Bertz CT molecular complexity index is 247. The zero-order valence-corrected chi connectivity index (χ0v) is 9.03. The highest BCUT2D eigenvalue weighted by Crippen LogP contribution is 2.15. The second-order valence-corrected chi connectivity index (χ2v) is 4.00. The lowest BCUT2D eigenvalue weighted by molar-refractivity contribution is 0.595. The van der Waals surface area contributed by atoms with Crippen LogP contribution in [0.4, 0.5) is 5.13 Å². The van der Waals surface area contributed by atoms with Crippen LogP contribution in [0.15, 0.2) is 5.38 Å². The molecule has 74 valence electrons. The van der Waals surface area contributed by atoms with E-state index in [4.69, 9.17) is 5.73 Å². The molecule has 1 rings (SSSR count). The summed E-state index contributed by atoms with van der Waals surface area (Å²) in [6.45, 7) is 2.15. The first-order chi connectivity index (χ1) is 6.26. The Balaban J connectivity index is 2.44. The first-order valence-corrected chi connectivity index (χ1v) is 5.52. The van der Waals surface area contributed by atoms with Crippen molar-refractivity contribution in [3.8, 4) is 0 Å². The normalized spacial score (nSPS) is 12.8. The van der Waals surface area contributed by atoms with Crippen LogP contribution in [0.3, 0.4) is 0 Å². The summed E-state index contributed by atoms with van der Waals surface area (Å²) in [7, 11) is 1.88. The maximum atomic E-state index is 5.91. The van der Waals surface area contributed by atoms with E-state index in [1.54, 1.807) is 11.3 Å². The van der Waals surface area contributed by atoms with Gasteiger partial charge in [-0.1, -0.05) is 13.3 Å². The number of nitrogens with zero attached hydrogens (tertiary/aromatic N) is 1. The Morgan fingerprint density at radius 3 is 3.00 bits per heavy atom. The van der Waals surface area contributed by atoms with Gasteiger partial charge in [-0.25, -0.2) is 4.98 Å². The molecule has 0 radical (unpaired) electrons. The van der Waals surface area contributed by atoms with Crippen molar-refractivity contribution in [2.45, 2.75) is 32.2 Å². The summed E-state index contributed by atoms with van der Waals surface area (Å²) in [5, 5.41) is 6.06. The number of hydrogen-bond acceptors (Lipinski definition) is 4. The SMILES string of the molecule is CCCC(N)Cc1csc(NC)n1. The minimum Gasteiger partial charge on any atom is -0.365 e. The van der Waals surface area contributed by atoms with Gasteiger partial charge in [-0.2, -0.15) is 0 Å². The monoisotopic (exact) mass is 199 g/mol. The average Bonchev–Trinajstić information content (AvgIpc) is 2.52. The predicted molar refractivity (Wildman–Crippen MR) is 58.2 cm³/mol. The lowest BCUT2D eigenvalue weighted by Crippen LogP contribution is -2.22. The van der Waals surface area contributed by atoms with Crippen molar-refractivity contribution in [2.24, 2.45) is 5.73 Å². The van der Waals surface area contributed by atoms with Gasteiger partial charge in [0.25, 0.3) is 0 Å². The largest absolute Gasteiger partial charge is 0.365 e. The fourth-order valence-corrected chi connectivity index (χ4v) is 1.94. The summed E-state index contributed by atoms with van der Waals surface area (Å²) >= 11 is 1.63. The van der Waals surface area contributed by atoms with Crippen molar-refractivity contribution in [3.63, 3.8) is 0 Å². The van der Waals surface area contributed by atoms with Crippen LogP contribution in [0, 0.1) is 0 Å². The number of anilines is 1. The summed E-state index contributed by atoms with van der Waals surface area (Å²) < 4.78 is 0. The zero-order valence-electron chi connectivity index (χ0n) is 8.21. The molecule has 0 bridgehead atoms. The molecule has 0 saturated carbocycles. The quantitative estimate of drug-likeness (QED) is 0.761. The van der Waals surface area contributed by atoms with Gasteiger partial charge in [0, 0.05) is 24.9 Å². The topological polar surface area (TPSA) is 50.9 Å². The Kier molecular flexibility index (Phi) is 4.18. The van der Waals surface area contributed by atoms with Gasteiger partial charge in [-0.3, -0.25) is 0 Å². The second kappa shape index (κ2) is 5.19. The Morgan fingerprint density at radius 2 is 2.46 bits per heavy atom. The van der Waals surface area contributed by atoms with Crippen LogP contribution in [0.2, 0.25) is 0 Å². The van der Waals surface area contributed by atoms with Crippen molar-refractivity contribution in [2.75, 3.05) is 12.4 Å². The Morgan fingerprint density at radius 1 is 1.69 bits per heavy atom. The van der Waals surface area contributed by atoms with Crippen LogP contribution >= 0.6 is 11.3 Å². The number of nitrogens with two attached hydrogens (primary N) is 1. The highest BCUT2D eigenvalue weighted by Gasteiger charge is 2.05. The first kappa shape index (κ1) is 10.5. The van der Waals surface area contributed by atoms with Crippen molar-refractivity contribution in [3.05, 3.63) is 11.1 Å². The molecule has 1 atom stereocenters. The smallest absolute Gasteiger partial charge is 0.182 e. The number of hydrogen-bond donors (Lipinski definition) is 2. The molecular weight excluding hydrogens is 182 g/mol. The molecule has 1 aromatic heterocycles. The van der Waals surface area contributed by atoms with Crippen molar-refractivity contribution < 1.29 is 0 Å². The number of nitrogens with one attached hydrogen (secondary N) is 1. The molecule has 0 saturated heterocycles. The van der Waals surface area contributed by atoms with E-state index in [1.165, 1.54) is 0 Å². The fourth-order valence-electron chi connectivity index (χ4n) is 1.26. The Hall–Kier alpha value is -0.610. The Labute approximate surface area is 83.4 Å². The first-order valence-electron chi connectivity index (χ1n) is 4.64.